The molecule has 1 heterocycles. The smallest absolute Gasteiger partial charge is 0.324 e. The lowest BCUT2D eigenvalue weighted by molar-refractivity contribution is -0.158. The number of cyclic esters (lactones) is 1. The van der Waals surface area contributed by atoms with Gasteiger partial charge in [0.05, 0.1) is 27.9 Å². The summed E-state index contributed by atoms with van der Waals surface area (Å²) < 4.78 is 20.3. The van der Waals surface area contributed by atoms with E-state index in [2.05, 4.69) is 0 Å². The Morgan fingerprint density at radius 1 is 1.24 bits per heavy atom. The molecule has 2 fully saturated rings. The molecule has 0 aromatic heterocycles. The number of hydrogen-bond acceptors (Lipinski definition) is 6. The highest BCUT2D eigenvalue weighted by Gasteiger charge is 2.80. The second kappa shape index (κ2) is 4.65. The number of carbonyl (C=O) groups excluding carboxylic acids is 2. The van der Waals surface area contributed by atoms with Crippen LogP contribution in [0.1, 0.15) is 11.5 Å². The van der Waals surface area contributed by atoms with E-state index in [1.807, 2.05) is 6.07 Å². The molecule has 3 atom stereocenters. The highest BCUT2D eigenvalue weighted by atomic mass is 16.6. The third-order valence-corrected chi connectivity index (χ3v) is 4.39. The normalized spacial score (nSPS) is 29.4. The number of ether oxygens (including phenoxy) is 4. The van der Waals surface area contributed by atoms with Crippen molar-refractivity contribution in [2.24, 2.45) is 11.3 Å². The average Bonchev–Trinajstić information content (AvgIpc) is 3.09. The average molecular weight is 292 g/mol. The molecule has 1 aromatic rings. The van der Waals surface area contributed by atoms with Gasteiger partial charge in [-0.3, -0.25) is 9.59 Å². The molecule has 21 heavy (non-hydrogen) atoms. The van der Waals surface area contributed by atoms with Crippen LogP contribution in [0.25, 0.3) is 0 Å². The minimum Gasteiger partial charge on any atom is -0.493 e. The SMILES string of the molecule is COC(=O)[C@@]12C(=O)OCC1C2c1ccc(OC)c(OC)c1. The highest BCUT2D eigenvalue weighted by molar-refractivity contribution is 6.07. The summed E-state index contributed by atoms with van der Waals surface area (Å²) in [5, 5.41) is 0. The summed E-state index contributed by atoms with van der Waals surface area (Å²) in [6, 6.07) is 5.39. The van der Waals surface area contributed by atoms with Gasteiger partial charge in [0.15, 0.2) is 16.9 Å². The molecule has 1 aliphatic heterocycles. The van der Waals surface area contributed by atoms with Crippen LogP contribution < -0.4 is 9.47 Å². The number of esters is 2. The Labute approximate surface area is 121 Å². The van der Waals surface area contributed by atoms with Gasteiger partial charge in [-0.05, 0) is 17.7 Å². The molecule has 0 radical (unpaired) electrons. The monoisotopic (exact) mass is 292 g/mol. The van der Waals surface area contributed by atoms with E-state index in [-0.39, 0.29) is 18.4 Å². The van der Waals surface area contributed by atoms with Gasteiger partial charge in [0, 0.05) is 11.8 Å². The lowest BCUT2D eigenvalue weighted by Crippen LogP contribution is -2.28. The first kappa shape index (κ1) is 13.7. The highest BCUT2D eigenvalue weighted by Crippen LogP contribution is 2.69. The maximum atomic E-state index is 12.1. The quantitative estimate of drug-likeness (QED) is 0.612. The molecule has 0 bridgehead atoms. The molecule has 1 aromatic carbocycles. The lowest BCUT2D eigenvalue weighted by atomic mass is 9.99. The fourth-order valence-corrected chi connectivity index (χ4v) is 3.32. The van der Waals surface area contributed by atoms with Gasteiger partial charge in [-0.25, -0.2) is 0 Å². The Morgan fingerprint density at radius 3 is 2.57 bits per heavy atom. The molecule has 6 heteroatoms. The van der Waals surface area contributed by atoms with Crippen molar-refractivity contribution in [1.29, 1.82) is 0 Å². The summed E-state index contributed by atoms with van der Waals surface area (Å²) in [5.41, 5.74) is -0.339. The Bertz CT molecular complexity index is 610. The minimum absolute atomic E-state index is 0.171. The van der Waals surface area contributed by atoms with E-state index in [1.165, 1.54) is 7.11 Å². The van der Waals surface area contributed by atoms with E-state index in [9.17, 15) is 9.59 Å². The van der Waals surface area contributed by atoms with Crippen LogP contribution in [0.15, 0.2) is 18.2 Å². The number of methoxy groups -OCH3 is 3. The van der Waals surface area contributed by atoms with Crippen molar-refractivity contribution in [3.05, 3.63) is 23.8 Å². The molecular weight excluding hydrogens is 276 g/mol. The van der Waals surface area contributed by atoms with Crippen molar-refractivity contribution < 1.29 is 28.5 Å². The number of hydrogen-bond donors (Lipinski definition) is 0. The molecule has 3 rings (SSSR count). The maximum Gasteiger partial charge on any atom is 0.324 e. The van der Waals surface area contributed by atoms with Gasteiger partial charge in [-0.1, -0.05) is 6.07 Å². The molecule has 2 aliphatic rings. The van der Waals surface area contributed by atoms with Crippen LogP contribution in [0.4, 0.5) is 0 Å². The van der Waals surface area contributed by atoms with Crippen molar-refractivity contribution in [3.63, 3.8) is 0 Å². The van der Waals surface area contributed by atoms with Crippen LogP contribution in [-0.4, -0.2) is 39.9 Å². The summed E-state index contributed by atoms with van der Waals surface area (Å²) in [4.78, 5) is 24.1. The molecule has 1 saturated carbocycles. The van der Waals surface area contributed by atoms with Crippen LogP contribution in [0.2, 0.25) is 0 Å². The molecule has 112 valence electrons. The standard InChI is InChI=1S/C15H16O6/c1-18-10-5-4-8(6-11(10)19-2)12-9-7-21-14(17)15(9,12)13(16)20-3/h4-6,9,12H,7H2,1-3H3/t9?,12?,15-/m1/s1. The van der Waals surface area contributed by atoms with Gasteiger partial charge in [-0.15, -0.1) is 0 Å². The third-order valence-electron chi connectivity index (χ3n) is 4.39. The summed E-state index contributed by atoms with van der Waals surface area (Å²) in [6.45, 7) is 0.243. The Hall–Kier alpha value is -2.24. The zero-order chi connectivity index (χ0) is 15.2. The number of carbonyl (C=O) groups is 2. The zero-order valence-corrected chi connectivity index (χ0v) is 12.0. The first-order valence-electron chi connectivity index (χ1n) is 6.58. The lowest BCUT2D eigenvalue weighted by Gasteiger charge is -2.13. The van der Waals surface area contributed by atoms with E-state index >= 15 is 0 Å². The first-order chi connectivity index (χ1) is 10.1. The second-order valence-electron chi connectivity index (χ2n) is 5.16. The van der Waals surface area contributed by atoms with Crippen LogP contribution in [0.5, 0.6) is 11.5 Å². The molecule has 2 unspecified atom stereocenters. The molecule has 6 nitrogen and oxygen atoms in total. The number of fused-ring (bicyclic) bond motifs is 1. The summed E-state index contributed by atoms with van der Waals surface area (Å²) >= 11 is 0. The van der Waals surface area contributed by atoms with Crippen molar-refractivity contribution in [2.45, 2.75) is 5.92 Å². The first-order valence-corrected chi connectivity index (χ1v) is 6.58. The van der Waals surface area contributed by atoms with Gasteiger partial charge >= 0.3 is 11.9 Å². The predicted octanol–water partition coefficient (Wildman–Crippen LogP) is 1.13. The van der Waals surface area contributed by atoms with Crippen LogP contribution in [0.3, 0.4) is 0 Å². The maximum absolute atomic E-state index is 12.1. The van der Waals surface area contributed by atoms with Crippen molar-refractivity contribution in [1.82, 2.24) is 0 Å². The summed E-state index contributed by atoms with van der Waals surface area (Å²) in [5.74, 6) is -0.273. The molecule has 0 spiro atoms. The zero-order valence-electron chi connectivity index (χ0n) is 12.0. The fraction of sp³-hybridized carbons (Fsp3) is 0.467. The van der Waals surface area contributed by atoms with Gasteiger partial charge < -0.3 is 18.9 Å². The van der Waals surface area contributed by atoms with Crippen molar-refractivity contribution in [3.8, 4) is 11.5 Å². The van der Waals surface area contributed by atoms with E-state index < -0.39 is 17.4 Å². The van der Waals surface area contributed by atoms with E-state index in [1.54, 1.807) is 26.4 Å². The number of rotatable bonds is 4. The van der Waals surface area contributed by atoms with Crippen molar-refractivity contribution in [2.75, 3.05) is 27.9 Å². The predicted molar refractivity (Wildman–Crippen MR) is 71.2 cm³/mol. The third kappa shape index (κ3) is 1.65. The van der Waals surface area contributed by atoms with Gasteiger partial charge in [-0.2, -0.15) is 0 Å². The van der Waals surface area contributed by atoms with Gasteiger partial charge in [0.1, 0.15) is 0 Å². The van der Waals surface area contributed by atoms with Crippen LogP contribution in [0, 0.1) is 11.3 Å². The van der Waals surface area contributed by atoms with E-state index in [0.29, 0.717) is 11.5 Å². The second-order valence-corrected chi connectivity index (χ2v) is 5.16. The van der Waals surface area contributed by atoms with Crippen LogP contribution >= 0.6 is 0 Å². The minimum atomic E-state index is -1.19. The molecule has 1 saturated heterocycles. The Balaban J connectivity index is 1.99. The molecular formula is C15H16O6. The Kier molecular flexibility index (Phi) is 3.04. The molecule has 0 amide bonds. The van der Waals surface area contributed by atoms with Crippen LogP contribution in [-0.2, 0) is 19.1 Å². The summed E-state index contributed by atoms with van der Waals surface area (Å²) in [6.07, 6.45) is 0. The van der Waals surface area contributed by atoms with E-state index in [0.717, 1.165) is 5.56 Å². The number of benzene rings is 1. The topological polar surface area (TPSA) is 71.1 Å². The molecule has 1 aliphatic carbocycles. The molecule has 0 N–H and O–H groups in total. The largest absolute Gasteiger partial charge is 0.493 e. The fourth-order valence-electron chi connectivity index (χ4n) is 3.32. The Morgan fingerprint density at radius 2 is 1.95 bits per heavy atom. The van der Waals surface area contributed by atoms with E-state index in [4.69, 9.17) is 18.9 Å². The van der Waals surface area contributed by atoms with Crippen molar-refractivity contribution >= 4 is 11.9 Å². The van der Waals surface area contributed by atoms with Gasteiger partial charge in [0.2, 0.25) is 0 Å². The van der Waals surface area contributed by atoms with Gasteiger partial charge in [0.25, 0.3) is 0 Å². The summed E-state index contributed by atoms with van der Waals surface area (Å²) in [7, 11) is 4.38.